The zero-order valence-electron chi connectivity index (χ0n) is 13.4. The summed E-state index contributed by atoms with van der Waals surface area (Å²) in [5, 5.41) is 9.03. The fraction of sp³-hybridized carbons (Fsp3) is 0.562. The normalized spacial score (nSPS) is 19.2. The number of ether oxygens (including phenoxy) is 1. The molecule has 0 aromatic carbocycles. The van der Waals surface area contributed by atoms with Gasteiger partial charge in [-0.1, -0.05) is 6.92 Å². The Morgan fingerprint density at radius 2 is 2.35 bits per heavy atom. The smallest absolute Gasteiger partial charge is 0.305 e. The van der Waals surface area contributed by atoms with E-state index in [4.69, 9.17) is 9.84 Å². The first-order valence-electron chi connectivity index (χ1n) is 7.74. The Hall–Kier alpha value is -1.76. The molecule has 7 heteroatoms. The number of aliphatic carboxylic acids is 1. The quantitative estimate of drug-likeness (QED) is 0.857. The molecule has 126 valence electrons. The summed E-state index contributed by atoms with van der Waals surface area (Å²) in [7, 11) is 0. The topological polar surface area (TPSA) is 79.7 Å². The molecule has 0 saturated carbocycles. The molecule has 2 unspecified atom stereocenters. The Labute approximate surface area is 140 Å². The number of hydrogen-bond donors (Lipinski definition) is 1. The number of carbonyl (C=O) groups excluding carboxylic acids is 1. The summed E-state index contributed by atoms with van der Waals surface area (Å²) < 4.78 is 5.65. The lowest BCUT2D eigenvalue weighted by atomic mass is 10.1. The molecule has 1 aliphatic rings. The molecule has 6 nitrogen and oxygen atoms in total. The summed E-state index contributed by atoms with van der Waals surface area (Å²) in [4.78, 5) is 29.5. The number of rotatable bonds is 6. The average Bonchev–Trinajstić information content (AvgIpc) is 2.54. The predicted octanol–water partition coefficient (Wildman–Crippen LogP) is 2.29. The van der Waals surface area contributed by atoms with Crippen LogP contribution >= 0.6 is 11.8 Å². The molecule has 2 rings (SSSR count). The molecule has 1 aliphatic heterocycles. The van der Waals surface area contributed by atoms with E-state index in [2.05, 4.69) is 4.98 Å². The molecule has 1 saturated heterocycles. The third-order valence-corrected chi connectivity index (χ3v) is 4.87. The highest BCUT2D eigenvalue weighted by Crippen LogP contribution is 2.22. The minimum absolute atomic E-state index is 0.0268. The van der Waals surface area contributed by atoms with Crippen LogP contribution in [0.2, 0.25) is 0 Å². The van der Waals surface area contributed by atoms with E-state index >= 15 is 0 Å². The van der Waals surface area contributed by atoms with Crippen LogP contribution in [0.5, 0.6) is 5.88 Å². The lowest BCUT2D eigenvalue weighted by molar-refractivity contribution is -0.138. The molecule has 0 spiro atoms. The highest BCUT2D eigenvalue weighted by atomic mass is 32.2. The zero-order chi connectivity index (χ0) is 16.8. The summed E-state index contributed by atoms with van der Waals surface area (Å²) in [6.45, 7) is 4.52. The van der Waals surface area contributed by atoms with Crippen molar-refractivity contribution in [1.82, 2.24) is 9.88 Å². The molecule has 23 heavy (non-hydrogen) atoms. The molecule has 1 fully saturated rings. The van der Waals surface area contributed by atoms with Gasteiger partial charge in [0.15, 0.2) is 0 Å². The Kier molecular flexibility index (Phi) is 6.27. The van der Waals surface area contributed by atoms with Crippen LogP contribution in [0.3, 0.4) is 0 Å². The number of thioether (sulfide) groups is 1. The summed E-state index contributed by atoms with van der Waals surface area (Å²) >= 11 is 1.68. The standard InChI is InChI=1S/C16H22N2O4S/c1-3-11(2)22-14-8-12(4-5-17-14)16(21)18-6-7-23-10-13(18)9-15(19)20/h4-5,8,11,13H,3,6-7,9-10H2,1-2H3,(H,19,20). The van der Waals surface area contributed by atoms with Gasteiger partial charge in [0.2, 0.25) is 5.88 Å². The maximum atomic E-state index is 12.7. The van der Waals surface area contributed by atoms with Gasteiger partial charge in [0.25, 0.3) is 5.91 Å². The largest absolute Gasteiger partial charge is 0.481 e. The molecule has 2 heterocycles. The van der Waals surface area contributed by atoms with Crippen molar-refractivity contribution < 1.29 is 19.4 Å². The van der Waals surface area contributed by atoms with Crippen LogP contribution in [0.15, 0.2) is 18.3 Å². The number of nitrogens with zero attached hydrogens (tertiary/aromatic N) is 2. The van der Waals surface area contributed by atoms with Crippen molar-refractivity contribution in [2.45, 2.75) is 38.8 Å². The Balaban J connectivity index is 2.14. The molecular formula is C16H22N2O4S. The van der Waals surface area contributed by atoms with Gasteiger partial charge in [-0.25, -0.2) is 4.98 Å². The highest BCUT2D eigenvalue weighted by Gasteiger charge is 2.29. The van der Waals surface area contributed by atoms with Gasteiger partial charge in [-0.3, -0.25) is 9.59 Å². The van der Waals surface area contributed by atoms with E-state index in [1.165, 1.54) is 0 Å². The number of carbonyl (C=O) groups is 2. The van der Waals surface area contributed by atoms with Crippen molar-refractivity contribution in [1.29, 1.82) is 0 Å². The summed E-state index contributed by atoms with van der Waals surface area (Å²) in [5.74, 6) is 0.854. The van der Waals surface area contributed by atoms with E-state index in [0.29, 0.717) is 23.7 Å². The van der Waals surface area contributed by atoms with Crippen molar-refractivity contribution in [3.63, 3.8) is 0 Å². The van der Waals surface area contributed by atoms with Gasteiger partial charge < -0.3 is 14.7 Å². The average molecular weight is 338 g/mol. The van der Waals surface area contributed by atoms with E-state index in [-0.39, 0.29) is 24.5 Å². The molecule has 1 aromatic rings. The fourth-order valence-corrected chi connectivity index (χ4v) is 3.42. The van der Waals surface area contributed by atoms with Gasteiger partial charge in [0, 0.05) is 35.9 Å². The molecular weight excluding hydrogens is 316 g/mol. The first-order valence-corrected chi connectivity index (χ1v) is 8.90. The van der Waals surface area contributed by atoms with Crippen LogP contribution in [-0.2, 0) is 4.79 Å². The van der Waals surface area contributed by atoms with Crippen LogP contribution in [0.1, 0.15) is 37.0 Å². The molecule has 1 N–H and O–H groups in total. The van der Waals surface area contributed by atoms with Crippen molar-refractivity contribution >= 4 is 23.6 Å². The van der Waals surface area contributed by atoms with Gasteiger partial charge >= 0.3 is 5.97 Å². The van der Waals surface area contributed by atoms with Crippen molar-refractivity contribution in [2.75, 3.05) is 18.1 Å². The predicted molar refractivity (Wildman–Crippen MR) is 89.0 cm³/mol. The van der Waals surface area contributed by atoms with Crippen LogP contribution in [0, 0.1) is 0 Å². The molecule has 1 aromatic heterocycles. The molecule has 0 aliphatic carbocycles. The van der Waals surface area contributed by atoms with Crippen molar-refractivity contribution in [3.8, 4) is 5.88 Å². The van der Waals surface area contributed by atoms with Gasteiger partial charge in [-0.05, 0) is 19.4 Å². The van der Waals surface area contributed by atoms with Crippen LogP contribution in [0.25, 0.3) is 0 Å². The van der Waals surface area contributed by atoms with Gasteiger partial charge in [0.05, 0.1) is 18.6 Å². The number of carboxylic acid groups (broad SMARTS) is 1. The summed E-state index contributed by atoms with van der Waals surface area (Å²) in [6, 6.07) is 3.00. The Morgan fingerprint density at radius 3 is 3.04 bits per heavy atom. The second kappa shape index (κ2) is 8.19. The Morgan fingerprint density at radius 1 is 1.57 bits per heavy atom. The zero-order valence-corrected chi connectivity index (χ0v) is 14.2. The maximum Gasteiger partial charge on any atom is 0.305 e. The first-order chi connectivity index (χ1) is 11.0. The van der Waals surface area contributed by atoms with Crippen LogP contribution < -0.4 is 4.74 Å². The second-order valence-electron chi connectivity index (χ2n) is 5.54. The summed E-state index contributed by atoms with van der Waals surface area (Å²) in [5.41, 5.74) is 0.487. The van der Waals surface area contributed by atoms with Crippen molar-refractivity contribution in [3.05, 3.63) is 23.9 Å². The van der Waals surface area contributed by atoms with E-state index in [1.54, 1.807) is 35.0 Å². The van der Waals surface area contributed by atoms with E-state index in [0.717, 1.165) is 12.2 Å². The maximum absolute atomic E-state index is 12.7. The number of amides is 1. The van der Waals surface area contributed by atoms with E-state index in [1.807, 2.05) is 13.8 Å². The lowest BCUT2D eigenvalue weighted by Gasteiger charge is -2.34. The molecule has 2 atom stereocenters. The second-order valence-corrected chi connectivity index (χ2v) is 6.69. The van der Waals surface area contributed by atoms with E-state index < -0.39 is 5.97 Å². The number of pyridine rings is 1. The minimum atomic E-state index is -0.883. The number of carboxylic acids is 1. The van der Waals surface area contributed by atoms with Crippen LogP contribution in [-0.4, -0.2) is 57.1 Å². The van der Waals surface area contributed by atoms with Gasteiger partial charge in [-0.2, -0.15) is 11.8 Å². The molecule has 0 radical (unpaired) electrons. The first kappa shape index (κ1) is 17.6. The van der Waals surface area contributed by atoms with Gasteiger partial charge in [0.1, 0.15) is 0 Å². The Bertz CT molecular complexity index is 567. The monoisotopic (exact) mass is 338 g/mol. The SMILES string of the molecule is CCC(C)Oc1cc(C(=O)N2CCSCC2CC(=O)O)ccn1. The number of aromatic nitrogens is 1. The van der Waals surface area contributed by atoms with Crippen molar-refractivity contribution in [2.24, 2.45) is 0 Å². The molecule has 0 bridgehead atoms. The number of hydrogen-bond acceptors (Lipinski definition) is 5. The third kappa shape index (κ3) is 4.86. The highest BCUT2D eigenvalue weighted by molar-refractivity contribution is 7.99. The molecule has 1 amide bonds. The fourth-order valence-electron chi connectivity index (χ4n) is 2.36. The minimum Gasteiger partial charge on any atom is -0.481 e. The third-order valence-electron chi connectivity index (χ3n) is 3.78. The van der Waals surface area contributed by atoms with Crippen LogP contribution in [0.4, 0.5) is 0 Å². The summed E-state index contributed by atoms with van der Waals surface area (Å²) in [6.07, 6.45) is 2.40. The van der Waals surface area contributed by atoms with Gasteiger partial charge in [-0.15, -0.1) is 0 Å². The lowest BCUT2D eigenvalue weighted by Crippen LogP contribution is -2.47. The van der Waals surface area contributed by atoms with E-state index in [9.17, 15) is 9.59 Å².